The molecule has 3 aromatic heterocycles. The summed E-state index contributed by atoms with van der Waals surface area (Å²) in [5.74, 6) is 2.00. The highest BCUT2D eigenvalue weighted by Gasteiger charge is 2.15. The van der Waals surface area contributed by atoms with Crippen LogP contribution in [0.1, 0.15) is 18.5 Å². The second-order valence-electron chi connectivity index (χ2n) is 7.61. The minimum absolute atomic E-state index is 0.351. The molecule has 5 rings (SSSR count). The predicted molar refractivity (Wildman–Crippen MR) is 142 cm³/mol. The third-order valence-electron chi connectivity index (χ3n) is 5.32. The van der Waals surface area contributed by atoms with Crippen LogP contribution in [0.2, 0.25) is 10.0 Å². The zero-order valence-electron chi connectivity index (χ0n) is 19.2. The Morgan fingerprint density at radius 3 is 2.86 bits per heavy atom. The SMILES string of the molecule is CCc1nnc2sc(-c3ccc(OC)c(NC(=O)/C=C/c4ccc(-c5cccc(Cl)c5Cl)o4)c3)nn12. The lowest BCUT2D eigenvalue weighted by Gasteiger charge is -2.10. The number of aryl methyl sites for hydroxylation is 1. The van der Waals surface area contributed by atoms with Gasteiger partial charge >= 0.3 is 0 Å². The van der Waals surface area contributed by atoms with Crippen LogP contribution in [-0.4, -0.2) is 32.8 Å². The molecular weight excluding hydrogens is 521 g/mol. The molecule has 0 atom stereocenters. The number of carbonyl (C=O) groups excluding carboxylic acids is 1. The van der Waals surface area contributed by atoms with Crippen LogP contribution in [0.25, 0.3) is 32.9 Å². The molecular formula is C25H19Cl2N5O3S. The van der Waals surface area contributed by atoms with Crippen molar-refractivity contribution in [2.24, 2.45) is 0 Å². The normalized spacial score (nSPS) is 11.4. The van der Waals surface area contributed by atoms with Crippen molar-refractivity contribution in [3.05, 3.63) is 76.2 Å². The van der Waals surface area contributed by atoms with Crippen LogP contribution in [0.4, 0.5) is 5.69 Å². The molecule has 0 saturated heterocycles. The Balaban J connectivity index is 1.34. The molecule has 1 amide bonds. The Bertz CT molecular complexity index is 1600. The number of rotatable bonds is 7. The van der Waals surface area contributed by atoms with Gasteiger partial charge in [0.15, 0.2) is 5.82 Å². The molecule has 8 nitrogen and oxygen atoms in total. The van der Waals surface area contributed by atoms with Crippen molar-refractivity contribution < 1.29 is 13.9 Å². The van der Waals surface area contributed by atoms with Gasteiger partial charge in [-0.25, -0.2) is 0 Å². The molecule has 3 heterocycles. The zero-order chi connectivity index (χ0) is 25.2. The van der Waals surface area contributed by atoms with Crippen LogP contribution in [0.15, 0.2) is 59.0 Å². The van der Waals surface area contributed by atoms with Crippen molar-refractivity contribution in [3.63, 3.8) is 0 Å². The maximum Gasteiger partial charge on any atom is 0.248 e. The Morgan fingerprint density at radius 1 is 1.19 bits per heavy atom. The van der Waals surface area contributed by atoms with E-state index in [9.17, 15) is 4.79 Å². The summed E-state index contributed by atoms with van der Waals surface area (Å²) in [6, 6.07) is 14.3. The molecule has 0 aliphatic heterocycles. The number of nitrogens with one attached hydrogen (secondary N) is 1. The van der Waals surface area contributed by atoms with Gasteiger partial charge in [0.2, 0.25) is 10.9 Å². The van der Waals surface area contributed by atoms with Crippen LogP contribution < -0.4 is 10.1 Å². The molecule has 36 heavy (non-hydrogen) atoms. The molecule has 5 aromatic rings. The number of aromatic nitrogens is 4. The Morgan fingerprint density at radius 2 is 2.06 bits per heavy atom. The highest BCUT2D eigenvalue weighted by molar-refractivity contribution is 7.19. The van der Waals surface area contributed by atoms with Crippen LogP contribution in [-0.2, 0) is 11.2 Å². The van der Waals surface area contributed by atoms with E-state index < -0.39 is 0 Å². The quantitative estimate of drug-likeness (QED) is 0.233. The highest BCUT2D eigenvalue weighted by Crippen LogP contribution is 2.35. The third-order valence-corrected chi connectivity index (χ3v) is 7.09. The standard InChI is InChI=1S/C25H19Cl2N5O3S/c1-3-21-29-30-25-32(21)31-24(36-25)14-7-10-20(34-2)18(13-14)28-22(33)12-9-15-8-11-19(35-15)16-5-4-6-17(26)23(16)27/h4-13H,3H2,1-2H3,(H,28,33)/b12-9+. The molecule has 0 radical (unpaired) electrons. The lowest BCUT2D eigenvalue weighted by atomic mass is 10.2. The molecule has 182 valence electrons. The van der Waals surface area contributed by atoms with Crippen molar-refractivity contribution >= 4 is 57.2 Å². The van der Waals surface area contributed by atoms with Gasteiger partial charge in [-0.15, -0.1) is 10.2 Å². The summed E-state index contributed by atoms with van der Waals surface area (Å²) >= 11 is 13.8. The molecule has 0 bridgehead atoms. The van der Waals surface area contributed by atoms with Crippen molar-refractivity contribution in [3.8, 4) is 27.6 Å². The maximum atomic E-state index is 12.7. The van der Waals surface area contributed by atoms with E-state index in [-0.39, 0.29) is 5.91 Å². The number of nitrogens with zero attached hydrogens (tertiary/aromatic N) is 4. The summed E-state index contributed by atoms with van der Waals surface area (Å²) in [6.45, 7) is 2.00. The van der Waals surface area contributed by atoms with Gasteiger partial charge < -0.3 is 14.5 Å². The topological polar surface area (TPSA) is 94.6 Å². The summed E-state index contributed by atoms with van der Waals surface area (Å²) in [5.41, 5.74) is 2.00. The number of carbonyl (C=O) groups is 1. The second kappa shape index (κ2) is 10.1. The number of fused-ring (bicyclic) bond motifs is 1. The first-order chi connectivity index (χ1) is 17.5. The first kappa shape index (κ1) is 24.1. The number of methoxy groups -OCH3 is 1. The second-order valence-corrected chi connectivity index (χ2v) is 9.35. The number of anilines is 1. The fourth-order valence-electron chi connectivity index (χ4n) is 3.55. The van der Waals surface area contributed by atoms with E-state index in [1.165, 1.54) is 17.4 Å². The number of benzene rings is 2. The monoisotopic (exact) mass is 539 g/mol. The smallest absolute Gasteiger partial charge is 0.248 e. The van der Waals surface area contributed by atoms with E-state index in [1.807, 2.05) is 25.1 Å². The number of ether oxygens (including phenoxy) is 1. The van der Waals surface area contributed by atoms with Gasteiger partial charge in [0.05, 0.1) is 22.8 Å². The van der Waals surface area contributed by atoms with E-state index in [2.05, 4.69) is 20.6 Å². The molecule has 0 aliphatic carbocycles. The number of hydrogen-bond acceptors (Lipinski definition) is 7. The van der Waals surface area contributed by atoms with Gasteiger partial charge in [0.1, 0.15) is 22.3 Å². The van der Waals surface area contributed by atoms with Crippen molar-refractivity contribution in [2.45, 2.75) is 13.3 Å². The Hall–Kier alpha value is -3.66. The lowest BCUT2D eigenvalue weighted by molar-refractivity contribution is -0.111. The molecule has 11 heteroatoms. The van der Waals surface area contributed by atoms with E-state index in [4.69, 9.17) is 32.4 Å². The first-order valence-electron chi connectivity index (χ1n) is 10.9. The van der Waals surface area contributed by atoms with Crippen LogP contribution in [0.5, 0.6) is 5.75 Å². The van der Waals surface area contributed by atoms with Crippen LogP contribution >= 0.6 is 34.5 Å². The van der Waals surface area contributed by atoms with E-state index >= 15 is 0 Å². The van der Waals surface area contributed by atoms with Gasteiger partial charge in [0.25, 0.3) is 0 Å². The number of halogens is 2. The van der Waals surface area contributed by atoms with Gasteiger partial charge in [0, 0.05) is 23.6 Å². The van der Waals surface area contributed by atoms with Crippen LogP contribution in [0.3, 0.4) is 0 Å². The zero-order valence-corrected chi connectivity index (χ0v) is 21.5. The van der Waals surface area contributed by atoms with Crippen molar-refractivity contribution in [2.75, 3.05) is 12.4 Å². The summed E-state index contributed by atoms with van der Waals surface area (Å²) < 4.78 is 13.0. The van der Waals surface area contributed by atoms with Crippen molar-refractivity contribution in [1.82, 2.24) is 19.8 Å². The summed E-state index contributed by atoms with van der Waals surface area (Å²) in [5, 5.41) is 17.4. The molecule has 0 unspecified atom stereocenters. The minimum atomic E-state index is -0.351. The van der Waals surface area contributed by atoms with E-state index in [1.54, 1.807) is 48.0 Å². The third kappa shape index (κ3) is 4.73. The minimum Gasteiger partial charge on any atom is -0.495 e. The molecule has 0 aliphatic rings. The average Bonchev–Trinajstić information content (AvgIpc) is 3.60. The Kier molecular flexibility index (Phi) is 6.77. The van der Waals surface area contributed by atoms with Crippen molar-refractivity contribution in [1.29, 1.82) is 0 Å². The van der Waals surface area contributed by atoms with E-state index in [0.717, 1.165) is 22.8 Å². The van der Waals surface area contributed by atoms with E-state index in [0.29, 0.717) is 43.5 Å². The van der Waals surface area contributed by atoms with Gasteiger partial charge in [-0.1, -0.05) is 47.5 Å². The predicted octanol–water partition coefficient (Wildman–Crippen LogP) is 6.64. The fraction of sp³-hybridized carbons (Fsp3) is 0.120. The molecule has 0 fully saturated rings. The average molecular weight is 540 g/mol. The first-order valence-corrected chi connectivity index (χ1v) is 12.5. The van der Waals surface area contributed by atoms with Gasteiger partial charge in [-0.05, 0) is 48.5 Å². The molecule has 2 aromatic carbocycles. The Labute approximate surface area is 220 Å². The maximum absolute atomic E-state index is 12.7. The lowest BCUT2D eigenvalue weighted by Crippen LogP contribution is -2.09. The highest BCUT2D eigenvalue weighted by atomic mass is 35.5. The number of hydrogen-bond donors (Lipinski definition) is 1. The number of furan rings is 1. The molecule has 0 saturated carbocycles. The largest absolute Gasteiger partial charge is 0.495 e. The summed E-state index contributed by atoms with van der Waals surface area (Å²) in [7, 11) is 1.54. The van der Waals surface area contributed by atoms with Gasteiger partial charge in [-0.3, -0.25) is 4.79 Å². The molecule has 1 N–H and O–H groups in total. The van der Waals surface area contributed by atoms with Crippen LogP contribution in [0, 0.1) is 0 Å². The number of amides is 1. The summed E-state index contributed by atoms with van der Waals surface area (Å²) in [6.07, 6.45) is 3.68. The fourth-order valence-corrected chi connectivity index (χ4v) is 4.79. The molecule has 0 spiro atoms. The van der Waals surface area contributed by atoms with Gasteiger partial charge in [-0.2, -0.15) is 9.61 Å². The summed E-state index contributed by atoms with van der Waals surface area (Å²) in [4.78, 5) is 13.4.